The fourth-order valence-corrected chi connectivity index (χ4v) is 2.16. The van der Waals surface area contributed by atoms with Gasteiger partial charge in [0.25, 0.3) is 0 Å². The van der Waals surface area contributed by atoms with Gasteiger partial charge in [0, 0.05) is 36.6 Å². The fraction of sp³-hybridized carbons (Fsp3) is 0.235. The van der Waals surface area contributed by atoms with Gasteiger partial charge in [-0.1, -0.05) is 6.07 Å². The second-order valence-electron chi connectivity index (χ2n) is 5.12. The van der Waals surface area contributed by atoms with Gasteiger partial charge in [-0.3, -0.25) is 4.98 Å². The molecular weight excluding hydrogens is 308 g/mol. The van der Waals surface area contributed by atoms with Gasteiger partial charge in [-0.2, -0.15) is 0 Å². The second kappa shape index (κ2) is 8.19. The number of benzene rings is 1. The highest BCUT2D eigenvalue weighted by atomic mass is 16.5. The van der Waals surface area contributed by atoms with Crippen LogP contribution in [0.15, 0.2) is 59.6 Å². The molecule has 7 nitrogen and oxygen atoms in total. The molecule has 0 aliphatic heterocycles. The molecule has 0 saturated heterocycles. The standard InChI is InChI=1S/C17H18N4O3/c22-16(14-2-1-7-18-10-14)11-19-8-9-23-15-5-3-13(4-6-15)17-21-20-12-24-17/h1-7,10,12,16,19,22H,8-9,11H2/t16-/m0/s1. The summed E-state index contributed by atoms with van der Waals surface area (Å²) in [4.78, 5) is 3.99. The van der Waals surface area contributed by atoms with Crippen molar-refractivity contribution >= 4 is 0 Å². The van der Waals surface area contributed by atoms with Gasteiger partial charge in [-0.25, -0.2) is 0 Å². The molecule has 2 heterocycles. The Hall–Kier alpha value is -2.77. The highest BCUT2D eigenvalue weighted by Gasteiger charge is 2.06. The third-order valence-corrected chi connectivity index (χ3v) is 3.42. The van der Waals surface area contributed by atoms with Gasteiger partial charge in [-0.05, 0) is 30.3 Å². The van der Waals surface area contributed by atoms with Crippen LogP contribution < -0.4 is 10.1 Å². The summed E-state index contributed by atoms with van der Waals surface area (Å²) >= 11 is 0. The average molecular weight is 326 g/mol. The molecule has 0 spiro atoms. The van der Waals surface area contributed by atoms with Gasteiger partial charge in [-0.15, -0.1) is 10.2 Å². The quantitative estimate of drug-likeness (QED) is 0.610. The number of nitrogens with zero attached hydrogens (tertiary/aromatic N) is 3. The normalized spacial score (nSPS) is 12.0. The van der Waals surface area contributed by atoms with Gasteiger partial charge in [0.05, 0.1) is 6.10 Å². The largest absolute Gasteiger partial charge is 0.492 e. The fourth-order valence-electron chi connectivity index (χ4n) is 2.16. The molecule has 1 atom stereocenters. The zero-order chi connectivity index (χ0) is 16.6. The SMILES string of the molecule is O[C@@H](CNCCOc1ccc(-c2nnco2)cc1)c1cccnc1. The molecule has 0 unspecified atom stereocenters. The van der Waals surface area contributed by atoms with E-state index in [0.29, 0.717) is 25.6 Å². The van der Waals surface area contributed by atoms with Gasteiger partial charge in [0.1, 0.15) is 12.4 Å². The van der Waals surface area contributed by atoms with Crippen LogP contribution in [0.25, 0.3) is 11.5 Å². The number of nitrogens with one attached hydrogen (secondary N) is 1. The first-order valence-corrected chi connectivity index (χ1v) is 7.61. The third-order valence-electron chi connectivity index (χ3n) is 3.42. The van der Waals surface area contributed by atoms with Crippen molar-refractivity contribution in [1.29, 1.82) is 0 Å². The molecule has 0 amide bonds. The molecule has 3 aromatic rings. The van der Waals surface area contributed by atoms with Crippen LogP contribution in [0.1, 0.15) is 11.7 Å². The number of aliphatic hydroxyl groups is 1. The lowest BCUT2D eigenvalue weighted by molar-refractivity contribution is 0.171. The summed E-state index contributed by atoms with van der Waals surface area (Å²) < 4.78 is 10.8. The minimum Gasteiger partial charge on any atom is -0.492 e. The third kappa shape index (κ3) is 4.37. The van der Waals surface area contributed by atoms with E-state index in [1.54, 1.807) is 18.5 Å². The van der Waals surface area contributed by atoms with Crippen LogP contribution >= 0.6 is 0 Å². The molecule has 0 fully saturated rings. The summed E-state index contributed by atoms with van der Waals surface area (Å²) in [6, 6.07) is 11.1. The van der Waals surface area contributed by atoms with Gasteiger partial charge in [0.2, 0.25) is 12.3 Å². The van der Waals surface area contributed by atoms with Crippen LogP contribution in [0, 0.1) is 0 Å². The summed E-state index contributed by atoms with van der Waals surface area (Å²) in [5, 5.41) is 20.6. The molecule has 7 heteroatoms. The number of ether oxygens (including phenoxy) is 1. The monoisotopic (exact) mass is 326 g/mol. The molecule has 0 saturated carbocycles. The number of aromatic nitrogens is 3. The molecule has 0 bridgehead atoms. The highest BCUT2D eigenvalue weighted by Crippen LogP contribution is 2.20. The van der Waals surface area contributed by atoms with Gasteiger partial charge < -0.3 is 19.6 Å². The topological polar surface area (TPSA) is 93.3 Å². The van der Waals surface area contributed by atoms with E-state index < -0.39 is 6.10 Å². The first-order valence-electron chi connectivity index (χ1n) is 7.61. The first-order chi connectivity index (χ1) is 11.8. The Morgan fingerprint density at radius 3 is 2.79 bits per heavy atom. The molecule has 0 aliphatic rings. The number of pyridine rings is 1. The summed E-state index contributed by atoms with van der Waals surface area (Å²) in [6.07, 6.45) is 4.06. The molecule has 124 valence electrons. The second-order valence-corrected chi connectivity index (χ2v) is 5.12. The maximum absolute atomic E-state index is 9.99. The molecule has 0 radical (unpaired) electrons. The van der Waals surface area contributed by atoms with Crippen molar-refractivity contribution in [3.8, 4) is 17.2 Å². The first kappa shape index (κ1) is 16.1. The van der Waals surface area contributed by atoms with Crippen molar-refractivity contribution in [3.05, 3.63) is 60.7 Å². The number of rotatable bonds is 8. The van der Waals surface area contributed by atoms with E-state index in [4.69, 9.17) is 9.15 Å². The van der Waals surface area contributed by atoms with Crippen LogP contribution in [-0.2, 0) is 0 Å². The van der Waals surface area contributed by atoms with Crippen molar-refractivity contribution in [2.75, 3.05) is 19.7 Å². The molecule has 2 aromatic heterocycles. The highest BCUT2D eigenvalue weighted by molar-refractivity contribution is 5.53. The molecule has 1 aromatic carbocycles. The van der Waals surface area contributed by atoms with Crippen molar-refractivity contribution in [3.63, 3.8) is 0 Å². The van der Waals surface area contributed by atoms with Crippen LogP contribution in [0.3, 0.4) is 0 Å². The van der Waals surface area contributed by atoms with Gasteiger partial charge >= 0.3 is 0 Å². The zero-order valence-electron chi connectivity index (χ0n) is 13.0. The Labute approximate surface area is 139 Å². The maximum Gasteiger partial charge on any atom is 0.247 e. The zero-order valence-corrected chi connectivity index (χ0v) is 13.0. The number of hydrogen-bond donors (Lipinski definition) is 2. The van der Waals surface area contributed by atoms with E-state index in [1.165, 1.54) is 6.39 Å². The Kier molecular flexibility index (Phi) is 5.49. The molecule has 2 N–H and O–H groups in total. The smallest absolute Gasteiger partial charge is 0.247 e. The molecule has 3 rings (SSSR count). The van der Waals surface area contributed by atoms with E-state index in [-0.39, 0.29) is 0 Å². The summed E-state index contributed by atoms with van der Waals surface area (Å²) in [5.41, 5.74) is 1.64. The molecule has 24 heavy (non-hydrogen) atoms. The minimum absolute atomic E-state index is 0.450. The lowest BCUT2D eigenvalue weighted by Gasteiger charge is -2.12. The summed E-state index contributed by atoms with van der Waals surface area (Å²) in [5.74, 6) is 1.24. The number of hydrogen-bond acceptors (Lipinski definition) is 7. The lowest BCUT2D eigenvalue weighted by Crippen LogP contribution is -2.26. The van der Waals surface area contributed by atoms with E-state index in [9.17, 15) is 5.11 Å². The summed E-state index contributed by atoms with van der Waals surface area (Å²) in [6.45, 7) is 1.58. The van der Waals surface area contributed by atoms with Crippen molar-refractivity contribution in [2.45, 2.75) is 6.10 Å². The van der Waals surface area contributed by atoms with E-state index in [2.05, 4.69) is 20.5 Å². The Morgan fingerprint density at radius 1 is 1.21 bits per heavy atom. The van der Waals surface area contributed by atoms with Crippen LogP contribution in [0.2, 0.25) is 0 Å². The van der Waals surface area contributed by atoms with E-state index >= 15 is 0 Å². The predicted octanol–water partition coefficient (Wildman–Crippen LogP) is 1.83. The lowest BCUT2D eigenvalue weighted by atomic mass is 10.1. The van der Waals surface area contributed by atoms with Crippen LogP contribution in [0.5, 0.6) is 5.75 Å². The molecular formula is C17H18N4O3. The van der Waals surface area contributed by atoms with Gasteiger partial charge in [0.15, 0.2) is 0 Å². The predicted molar refractivity (Wildman–Crippen MR) is 87.3 cm³/mol. The summed E-state index contributed by atoms with van der Waals surface area (Å²) in [7, 11) is 0. The van der Waals surface area contributed by atoms with Crippen molar-refractivity contribution < 1.29 is 14.3 Å². The minimum atomic E-state index is -0.576. The Balaban J connectivity index is 1.37. The van der Waals surface area contributed by atoms with E-state index in [1.807, 2.05) is 30.3 Å². The van der Waals surface area contributed by atoms with Crippen LogP contribution in [-0.4, -0.2) is 40.0 Å². The van der Waals surface area contributed by atoms with Crippen molar-refractivity contribution in [2.24, 2.45) is 0 Å². The Bertz CT molecular complexity index is 717. The molecule has 0 aliphatic carbocycles. The maximum atomic E-state index is 9.99. The average Bonchev–Trinajstić information content (AvgIpc) is 3.17. The van der Waals surface area contributed by atoms with Crippen LogP contribution in [0.4, 0.5) is 0 Å². The van der Waals surface area contributed by atoms with E-state index in [0.717, 1.165) is 16.9 Å². The Morgan fingerprint density at radius 2 is 2.08 bits per heavy atom. The van der Waals surface area contributed by atoms with Crippen molar-refractivity contribution in [1.82, 2.24) is 20.5 Å². The number of aliphatic hydroxyl groups excluding tert-OH is 1.